The number of carbonyl (C=O) groups is 2. The van der Waals surface area contributed by atoms with Crippen LogP contribution < -0.4 is 15.2 Å². The van der Waals surface area contributed by atoms with Crippen molar-refractivity contribution in [1.82, 2.24) is 29.9 Å². The van der Waals surface area contributed by atoms with Gasteiger partial charge in [0.2, 0.25) is 5.88 Å². The molecule has 0 spiro atoms. The zero-order chi connectivity index (χ0) is 45.5. The standard InChI is InChI=1S/C25H21N3O2.C12H13N3.C12H9NO3.CH3F/c1-18-15-20(13-14-26-18)23-10-7-19(16-27-23)8-11-24(29)21-9-12-25(28-17-21)30-22-5-3-2-4-6-22;1-9-6-11(4-5-14-9)12-3-2-10(7-13)8-15-12;14-12(15)11-7-6-10(8-13-11)16-9-4-2-1-3-5-9;1-2/h2-7,9-10,12-17H,8,11H2,1H3;2-6,8H,7,13H2,1H3;1-8H,(H,14,15);1H3/i;;;1D. The van der Waals surface area contributed by atoms with E-state index in [1.165, 1.54) is 12.3 Å². The highest BCUT2D eigenvalue weighted by molar-refractivity contribution is 5.96. The maximum Gasteiger partial charge on any atom is 0.354 e. The number of carboxylic acid groups (broad SMARTS) is 1. The number of nitrogens with zero attached hydrogens (tertiary/aromatic N) is 6. The number of ether oxygens (including phenoxy) is 2. The molecule has 12 nitrogen and oxygen atoms in total. The van der Waals surface area contributed by atoms with Crippen molar-refractivity contribution in [2.75, 3.05) is 7.15 Å². The zero-order valence-corrected chi connectivity index (χ0v) is 34.7. The summed E-state index contributed by atoms with van der Waals surface area (Å²) in [7, 11) is -1.00. The summed E-state index contributed by atoms with van der Waals surface area (Å²) >= 11 is 0. The highest BCUT2D eigenvalue weighted by Crippen LogP contribution is 2.22. The van der Waals surface area contributed by atoms with Gasteiger partial charge >= 0.3 is 5.97 Å². The van der Waals surface area contributed by atoms with Crippen LogP contribution in [0.15, 0.2) is 171 Å². The van der Waals surface area contributed by atoms with E-state index in [1.54, 1.807) is 36.8 Å². The third kappa shape index (κ3) is 14.9. The molecule has 2 aromatic carbocycles. The molecule has 8 aromatic rings. The Bertz CT molecular complexity index is 2640. The topological polar surface area (TPSA) is 176 Å². The fourth-order valence-electron chi connectivity index (χ4n) is 5.68. The highest BCUT2D eigenvalue weighted by atomic mass is 19.1. The van der Waals surface area contributed by atoms with Crippen molar-refractivity contribution < 1.29 is 29.9 Å². The molecule has 0 amide bonds. The number of halogens is 1. The minimum Gasteiger partial charge on any atom is -0.477 e. The number of aromatic carboxylic acids is 1. The minimum absolute atomic E-state index is 0.000381. The average Bonchev–Trinajstić information content (AvgIpc) is 3.33. The van der Waals surface area contributed by atoms with Crippen molar-refractivity contribution in [2.24, 2.45) is 5.73 Å². The fraction of sp³-hybridized carbons (Fsp3) is 0.120. The molecule has 0 atom stereocenters. The van der Waals surface area contributed by atoms with E-state index in [1.807, 2.05) is 135 Å². The van der Waals surface area contributed by atoms with Gasteiger partial charge in [0.1, 0.15) is 22.9 Å². The van der Waals surface area contributed by atoms with Gasteiger partial charge in [0.05, 0.1) is 26.1 Å². The number of hydrogen-bond acceptors (Lipinski definition) is 11. The third-order valence-corrected chi connectivity index (χ3v) is 8.87. The Hall–Kier alpha value is -8.03. The SMILES string of the molecule is Cc1cc(-c2ccc(CCC(=O)c3ccc(Oc4ccccc4)nc3)cn2)ccn1.Cc1cc(-c2ccc(CN)cn2)ccn1.O=C(O)c1ccc(Oc2ccccc2)cn1.[2H]CF. The Morgan fingerprint density at radius 1 is 0.619 bits per heavy atom. The summed E-state index contributed by atoms with van der Waals surface area (Å²) in [6, 6.07) is 41.0. The summed E-state index contributed by atoms with van der Waals surface area (Å²) in [5, 5.41) is 8.66. The van der Waals surface area contributed by atoms with Gasteiger partial charge in [0.15, 0.2) is 5.78 Å². The lowest BCUT2D eigenvalue weighted by atomic mass is 10.0. The van der Waals surface area contributed by atoms with Crippen LogP contribution in [0, 0.1) is 13.8 Å². The molecule has 0 aliphatic carbocycles. The first-order chi connectivity index (χ1) is 31.1. The van der Waals surface area contributed by atoms with Crippen molar-refractivity contribution in [3.05, 3.63) is 204 Å². The zero-order valence-electron chi connectivity index (χ0n) is 35.7. The molecule has 0 bridgehead atoms. The van der Waals surface area contributed by atoms with Gasteiger partial charge in [0.25, 0.3) is 0 Å². The van der Waals surface area contributed by atoms with Crippen molar-refractivity contribution in [3.8, 4) is 45.6 Å². The number of carboxylic acids is 1. The number of aromatic nitrogens is 6. The van der Waals surface area contributed by atoms with E-state index >= 15 is 0 Å². The van der Waals surface area contributed by atoms with E-state index in [4.69, 9.17) is 21.7 Å². The molecule has 0 aliphatic rings. The number of pyridine rings is 6. The summed E-state index contributed by atoms with van der Waals surface area (Å²) in [6.07, 6.45) is 11.2. The van der Waals surface area contributed by atoms with E-state index in [9.17, 15) is 14.0 Å². The molecule has 0 saturated heterocycles. The molecule has 3 N–H and O–H groups in total. The molecule has 0 saturated carbocycles. The Morgan fingerprint density at radius 3 is 1.65 bits per heavy atom. The molecular formula is C50H46FN7O5. The van der Waals surface area contributed by atoms with Gasteiger partial charge in [-0.05, 0) is 110 Å². The Kier molecular flexibility index (Phi) is 17.2. The van der Waals surface area contributed by atoms with Gasteiger partial charge in [-0.15, -0.1) is 0 Å². The lowest BCUT2D eigenvalue weighted by molar-refractivity contribution is 0.0690. The van der Waals surface area contributed by atoms with E-state index in [0.29, 0.717) is 48.1 Å². The monoisotopic (exact) mass is 844 g/mol. The first-order valence-electron chi connectivity index (χ1n) is 20.3. The van der Waals surface area contributed by atoms with Crippen molar-refractivity contribution in [1.29, 1.82) is 0 Å². The van der Waals surface area contributed by atoms with Gasteiger partial charge in [-0.3, -0.25) is 29.1 Å². The number of rotatable bonds is 12. The average molecular weight is 845 g/mol. The molecule has 0 aliphatic heterocycles. The van der Waals surface area contributed by atoms with E-state index in [0.717, 1.165) is 45.0 Å². The van der Waals surface area contributed by atoms with Crippen molar-refractivity contribution in [2.45, 2.75) is 33.2 Å². The first kappa shape index (κ1) is 44.5. The second-order valence-electron chi connectivity index (χ2n) is 13.5. The van der Waals surface area contributed by atoms with Gasteiger partial charge < -0.3 is 20.3 Å². The highest BCUT2D eigenvalue weighted by Gasteiger charge is 2.09. The maximum absolute atomic E-state index is 12.5. The number of aryl methyl sites for hydroxylation is 3. The van der Waals surface area contributed by atoms with Gasteiger partial charge in [-0.1, -0.05) is 48.5 Å². The molecule has 13 heteroatoms. The van der Waals surface area contributed by atoms with Crippen LogP contribution in [-0.4, -0.2) is 53.9 Å². The minimum atomic E-state index is -1.05. The van der Waals surface area contributed by atoms with Gasteiger partial charge in [-0.2, -0.15) is 0 Å². The predicted octanol–water partition coefficient (Wildman–Crippen LogP) is 10.5. The van der Waals surface area contributed by atoms with E-state index in [-0.39, 0.29) is 11.5 Å². The smallest absolute Gasteiger partial charge is 0.354 e. The number of ketones is 1. The van der Waals surface area contributed by atoms with Crippen LogP contribution in [0.2, 0.25) is 0 Å². The molecule has 6 heterocycles. The summed E-state index contributed by atoms with van der Waals surface area (Å²) in [6.45, 7) is 4.46. The predicted molar refractivity (Wildman–Crippen MR) is 240 cm³/mol. The Labute approximate surface area is 366 Å². The van der Waals surface area contributed by atoms with Crippen LogP contribution in [-0.2, 0) is 13.0 Å². The number of alkyl halides is 1. The Balaban J connectivity index is 0.000000191. The first-order valence-corrected chi connectivity index (χ1v) is 19.6. The van der Waals surface area contributed by atoms with Crippen LogP contribution in [0.25, 0.3) is 22.5 Å². The third-order valence-electron chi connectivity index (χ3n) is 8.87. The molecule has 63 heavy (non-hydrogen) atoms. The van der Waals surface area contributed by atoms with Gasteiger partial charge in [0, 0.05) is 78.1 Å². The van der Waals surface area contributed by atoms with Gasteiger partial charge in [-0.25, -0.2) is 14.8 Å². The Morgan fingerprint density at radius 2 is 1.19 bits per heavy atom. The summed E-state index contributed by atoms with van der Waals surface area (Å²) in [5.74, 6) is 1.36. The largest absolute Gasteiger partial charge is 0.477 e. The normalized spacial score (nSPS) is 10.3. The molecule has 0 radical (unpaired) electrons. The molecule has 6 aromatic heterocycles. The maximum atomic E-state index is 12.5. The van der Waals surface area contributed by atoms with E-state index in [2.05, 4.69) is 29.9 Å². The van der Waals surface area contributed by atoms with Crippen LogP contribution >= 0.6 is 0 Å². The van der Waals surface area contributed by atoms with Crippen LogP contribution in [0.5, 0.6) is 23.1 Å². The van der Waals surface area contributed by atoms with Crippen molar-refractivity contribution >= 4 is 11.8 Å². The van der Waals surface area contributed by atoms with E-state index < -0.39 is 13.1 Å². The summed E-state index contributed by atoms with van der Waals surface area (Å²) in [5.41, 5.74) is 14.1. The van der Waals surface area contributed by atoms with Crippen molar-refractivity contribution in [3.63, 3.8) is 0 Å². The van der Waals surface area contributed by atoms with Crippen LogP contribution in [0.4, 0.5) is 4.39 Å². The lowest BCUT2D eigenvalue weighted by Crippen LogP contribution is -2.02. The number of carbonyl (C=O) groups excluding carboxylic acids is 1. The summed E-state index contributed by atoms with van der Waals surface area (Å²) < 4.78 is 26.6. The fourth-order valence-corrected chi connectivity index (χ4v) is 5.68. The van der Waals surface area contributed by atoms with Crippen LogP contribution in [0.3, 0.4) is 0 Å². The number of nitrogens with two attached hydrogens (primary N) is 1. The molecule has 8 rings (SSSR count). The quantitative estimate of drug-likeness (QED) is 0.111. The molecule has 318 valence electrons. The molecule has 0 fully saturated rings. The molecular weight excluding hydrogens is 798 g/mol. The number of para-hydroxylation sites is 2. The summed E-state index contributed by atoms with van der Waals surface area (Å²) in [4.78, 5) is 48.3. The lowest BCUT2D eigenvalue weighted by Gasteiger charge is -2.06. The second kappa shape index (κ2) is 24.3. The van der Waals surface area contributed by atoms with Crippen LogP contribution in [0.1, 0.15) is 51.2 Å². The number of Topliss-reactive ketones (excluding diaryl/α,β-unsaturated/α-hetero) is 1. The number of hydrogen-bond donors (Lipinski definition) is 2. The second-order valence-corrected chi connectivity index (χ2v) is 13.5. The number of benzene rings is 2. The molecule has 0 unspecified atom stereocenters.